The molecule has 5 heteroatoms. The van der Waals surface area contributed by atoms with Crippen LogP contribution in [-0.4, -0.2) is 12.5 Å². The van der Waals surface area contributed by atoms with Crippen molar-refractivity contribution in [2.75, 3.05) is 11.9 Å². The smallest absolute Gasteiger partial charge is 0.225 e. The number of amides is 1. The Morgan fingerprint density at radius 2 is 1.91 bits per heavy atom. The van der Waals surface area contributed by atoms with Gasteiger partial charge in [0.05, 0.1) is 0 Å². The zero-order valence-corrected chi connectivity index (χ0v) is 13.1. The van der Waals surface area contributed by atoms with Crippen LogP contribution in [0.15, 0.2) is 42.5 Å². The van der Waals surface area contributed by atoms with E-state index in [0.29, 0.717) is 24.5 Å². The lowest BCUT2D eigenvalue weighted by Gasteiger charge is -2.09. The minimum absolute atomic E-state index is 0.0583. The molecule has 0 aliphatic heterocycles. The molecule has 0 atom stereocenters. The molecule has 3 nitrogen and oxygen atoms in total. The van der Waals surface area contributed by atoms with E-state index in [1.807, 2.05) is 13.0 Å². The first-order valence-electron chi connectivity index (χ1n) is 7.06. The van der Waals surface area contributed by atoms with Crippen molar-refractivity contribution in [1.82, 2.24) is 5.32 Å². The van der Waals surface area contributed by atoms with Gasteiger partial charge in [-0.05, 0) is 48.4 Å². The molecule has 0 aliphatic carbocycles. The summed E-state index contributed by atoms with van der Waals surface area (Å²) in [5, 5.41) is 6.66. The van der Waals surface area contributed by atoms with E-state index in [4.69, 9.17) is 11.6 Å². The summed E-state index contributed by atoms with van der Waals surface area (Å²) in [7, 11) is 0. The van der Waals surface area contributed by atoms with Crippen molar-refractivity contribution in [2.45, 2.75) is 19.9 Å². The van der Waals surface area contributed by atoms with Crippen LogP contribution in [0.5, 0.6) is 0 Å². The molecule has 0 spiro atoms. The number of nitrogens with one attached hydrogen (secondary N) is 2. The van der Waals surface area contributed by atoms with Gasteiger partial charge in [-0.15, -0.1) is 0 Å². The minimum Gasteiger partial charge on any atom is -0.326 e. The van der Waals surface area contributed by atoms with E-state index in [1.54, 1.807) is 24.3 Å². The Morgan fingerprint density at radius 3 is 2.59 bits per heavy atom. The van der Waals surface area contributed by atoms with Crippen LogP contribution >= 0.6 is 11.6 Å². The summed E-state index contributed by atoms with van der Waals surface area (Å²) in [4.78, 5) is 11.9. The lowest BCUT2D eigenvalue weighted by Crippen LogP contribution is -2.21. The quantitative estimate of drug-likeness (QED) is 0.792. The van der Waals surface area contributed by atoms with Crippen molar-refractivity contribution in [2.24, 2.45) is 0 Å². The van der Waals surface area contributed by atoms with Crippen LogP contribution in [0.25, 0.3) is 0 Å². The number of rotatable bonds is 6. The molecule has 2 aromatic carbocycles. The molecule has 0 aliphatic rings. The van der Waals surface area contributed by atoms with E-state index in [-0.39, 0.29) is 11.7 Å². The Hall–Kier alpha value is -1.91. The summed E-state index contributed by atoms with van der Waals surface area (Å²) < 4.78 is 12.8. The molecule has 0 saturated carbocycles. The lowest BCUT2D eigenvalue weighted by atomic mass is 10.2. The van der Waals surface area contributed by atoms with Crippen LogP contribution in [0.1, 0.15) is 17.5 Å². The number of benzene rings is 2. The van der Waals surface area contributed by atoms with E-state index < -0.39 is 0 Å². The molecule has 0 saturated heterocycles. The molecule has 2 N–H and O–H groups in total. The highest BCUT2D eigenvalue weighted by Gasteiger charge is 2.05. The molecule has 0 fully saturated rings. The topological polar surface area (TPSA) is 41.1 Å². The average Bonchev–Trinajstić information content (AvgIpc) is 2.48. The highest BCUT2D eigenvalue weighted by Crippen LogP contribution is 2.19. The molecule has 116 valence electrons. The minimum atomic E-state index is -0.249. The summed E-state index contributed by atoms with van der Waals surface area (Å²) in [6.45, 7) is 3.05. The van der Waals surface area contributed by atoms with Gasteiger partial charge in [-0.1, -0.05) is 23.7 Å². The van der Waals surface area contributed by atoms with E-state index in [1.165, 1.54) is 12.1 Å². The van der Waals surface area contributed by atoms with Gasteiger partial charge in [0.25, 0.3) is 0 Å². The molecule has 0 radical (unpaired) electrons. The first kappa shape index (κ1) is 16.5. The third kappa shape index (κ3) is 5.13. The second-order valence-corrected chi connectivity index (χ2v) is 5.50. The van der Waals surface area contributed by atoms with Gasteiger partial charge in [0.2, 0.25) is 5.91 Å². The normalized spacial score (nSPS) is 10.5. The van der Waals surface area contributed by atoms with E-state index in [0.717, 1.165) is 16.8 Å². The largest absolute Gasteiger partial charge is 0.326 e. The Morgan fingerprint density at radius 1 is 1.18 bits per heavy atom. The molecule has 0 unspecified atom stereocenters. The predicted octanol–water partition coefficient (Wildman–Crippen LogP) is 3.91. The van der Waals surface area contributed by atoms with Crippen molar-refractivity contribution in [3.05, 3.63) is 64.4 Å². The van der Waals surface area contributed by atoms with Gasteiger partial charge in [0.1, 0.15) is 5.82 Å². The number of aryl methyl sites for hydroxylation is 1. The highest BCUT2D eigenvalue weighted by atomic mass is 35.5. The number of carbonyl (C=O) groups excluding carboxylic acids is 1. The van der Waals surface area contributed by atoms with Crippen LogP contribution in [0, 0.1) is 12.7 Å². The van der Waals surface area contributed by atoms with Crippen molar-refractivity contribution < 1.29 is 9.18 Å². The van der Waals surface area contributed by atoms with E-state index in [2.05, 4.69) is 10.6 Å². The third-order valence-corrected chi connectivity index (χ3v) is 3.47. The van der Waals surface area contributed by atoms with Gasteiger partial charge < -0.3 is 10.6 Å². The van der Waals surface area contributed by atoms with Crippen LogP contribution in [0.2, 0.25) is 5.02 Å². The van der Waals surface area contributed by atoms with Gasteiger partial charge in [-0.25, -0.2) is 4.39 Å². The fourth-order valence-corrected chi connectivity index (χ4v) is 2.24. The summed E-state index contributed by atoms with van der Waals surface area (Å²) >= 11 is 5.88. The number of hydrogen-bond acceptors (Lipinski definition) is 2. The predicted molar refractivity (Wildman–Crippen MR) is 87.5 cm³/mol. The Labute approximate surface area is 134 Å². The molecular formula is C17H18ClFN2O. The second-order valence-electron chi connectivity index (χ2n) is 5.06. The van der Waals surface area contributed by atoms with Gasteiger partial charge in [0, 0.05) is 30.2 Å². The first-order chi connectivity index (χ1) is 10.5. The fourth-order valence-electron chi connectivity index (χ4n) is 2.02. The molecule has 2 aromatic rings. The molecular weight excluding hydrogens is 303 g/mol. The Bertz CT molecular complexity index is 644. The Balaban J connectivity index is 1.72. The maximum absolute atomic E-state index is 12.8. The molecule has 2 rings (SSSR count). The zero-order valence-electron chi connectivity index (χ0n) is 12.3. The van der Waals surface area contributed by atoms with Crippen LogP contribution in [0.4, 0.5) is 10.1 Å². The summed E-state index contributed by atoms with van der Waals surface area (Å²) in [6, 6.07) is 11.6. The molecule has 1 amide bonds. The summed E-state index contributed by atoms with van der Waals surface area (Å²) in [5.41, 5.74) is 2.68. The number of anilines is 1. The van der Waals surface area contributed by atoms with Crippen LogP contribution < -0.4 is 10.6 Å². The van der Waals surface area contributed by atoms with Crippen LogP contribution in [0.3, 0.4) is 0 Å². The number of hydrogen-bond donors (Lipinski definition) is 2. The van der Waals surface area contributed by atoms with Gasteiger partial charge in [0.15, 0.2) is 0 Å². The molecule has 0 heterocycles. The maximum Gasteiger partial charge on any atom is 0.225 e. The fraction of sp³-hybridized carbons (Fsp3) is 0.235. The van der Waals surface area contributed by atoms with E-state index >= 15 is 0 Å². The van der Waals surface area contributed by atoms with Gasteiger partial charge >= 0.3 is 0 Å². The van der Waals surface area contributed by atoms with Gasteiger partial charge in [-0.3, -0.25) is 4.79 Å². The maximum atomic E-state index is 12.8. The number of carbonyl (C=O) groups is 1. The molecule has 0 aromatic heterocycles. The summed E-state index contributed by atoms with van der Waals surface area (Å²) in [5.74, 6) is -0.307. The van der Waals surface area contributed by atoms with Crippen molar-refractivity contribution in [3.63, 3.8) is 0 Å². The monoisotopic (exact) mass is 320 g/mol. The Kier molecular flexibility index (Phi) is 5.92. The third-order valence-electron chi connectivity index (χ3n) is 3.23. The standard InChI is InChI=1S/C17H18ClFN2O/c1-12-10-14(18)4-7-16(12)21-17(22)8-9-20-11-13-2-5-15(19)6-3-13/h2-7,10,20H,8-9,11H2,1H3,(H,21,22). The zero-order chi connectivity index (χ0) is 15.9. The highest BCUT2D eigenvalue weighted by molar-refractivity contribution is 6.30. The van der Waals surface area contributed by atoms with E-state index in [9.17, 15) is 9.18 Å². The SMILES string of the molecule is Cc1cc(Cl)ccc1NC(=O)CCNCc1ccc(F)cc1. The number of halogens is 2. The van der Waals surface area contributed by atoms with Crippen molar-refractivity contribution >= 4 is 23.2 Å². The summed E-state index contributed by atoms with van der Waals surface area (Å²) in [6.07, 6.45) is 0.364. The second kappa shape index (κ2) is 7.92. The molecule has 22 heavy (non-hydrogen) atoms. The van der Waals surface area contributed by atoms with Crippen molar-refractivity contribution in [3.8, 4) is 0 Å². The molecule has 0 bridgehead atoms. The van der Waals surface area contributed by atoms with Crippen molar-refractivity contribution in [1.29, 1.82) is 0 Å². The lowest BCUT2D eigenvalue weighted by molar-refractivity contribution is -0.116. The average molecular weight is 321 g/mol. The van der Waals surface area contributed by atoms with Gasteiger partial charge in [-0.2, -0.15) is 0 Å². The first-order valence-corrected chi connectivity index (χ1v) is 7.43. The van der Waals surface area contributed by atoms with Crippen LogP contribution in [-0.2, 0) is 11.3 Å².